The Labute approximate surface area is 109 Å². The van der Waals surface area contributed by atoms with E-state index in [-0.39, 0.29) is 12.5 Å². The van der Waals surface area contributed by atoms with Crippen LogP contribution in [0, 0.1) is 11.3 Å². The van der Waals surface area contributed by atoms with Gasteiger partial charge in [-0.3, -0.25) is 0 Å². The van der Waals surface area contributed by atoms with Crippen molar-refractivity contribution in [1.29, 1.82) is 5.26 Å². The topological polar surface area (TPSA) is 62.5 Å². The number of benzene rings is 1. The van der Waals surface area contributed by atoms with Crippen molar-refractivity contribution >= 4 is 8.07 Å². The maximum Gasteiger partial charge on any atom is 0.189 e. The van der Waals surface area contributed by atoms with Crippen molar-refractivity contribution in [3.63, 3.8) is 0 Å². The highest BCUT2D eigenvalue weighted by molar-refractivity contribution is 6.76. The van der Waals surface area contributed by atoms with Gasteiger partial charge in [-0.2, -0.15) is 5.26 Å². The fourth-order valence-electron chi connectivity index (χ4n) is 1.28. The molecule has 0 amide bonds. The fraction of sp³-hybridized carbons (Fsp3) is 0.462. The van der Waals surface area contributed by atoms with Gasteiger partial charge in [0.2, 0.25) is 0 Å². The molecule has 1 aromatic rings. The predicted octanol–water partition coefficient (Wildman–Crippen LogP) is 2.95. The minimum absolute atomic E-state index is 0.0196. The first-order valence-corrected chi connectivity index (χ1v) is 9.56. The summed E-state index contributed by atoms with van der Waals surface area (Å²) >= 11 is 0. The summed E-state index contributed by atoms with van der Waals surface area (Å²) in [6.07, 6.45) is 0. The van der Waals surface area contributed by atoms with Crippen molar-refractivity contribution in [3.8, 4) is 17.6 Å². The van der Waals surface area contributed by atoms with Crippen LogP contribution in [0.1, 0.15) is 5.56 Å². The molecule has 0 spiro atoms. The molecule has 0 saturated heterocycles. The van der Waals surface area contributed by atoms with Gasteiger partial charge in [0.25, 0.3) is 0 Å². The number of nitrogens with zero attached hydrogens (tertiary/aromatic N) is 1. The largest absolute Gasteiger partial charge is 0.508 e. The zero-order chi connectivity index (χ0) is 13.6. The number of nitriles is 1. The molecule has 4 nitrogen and oxygen atoms in total. The van der Waals surface area contributed by atoms with Crippen LogP contribution in [0.15, 0.2) is 18.2 Å². The van der Waals surface area contributed by atoms with Crippen molar-refractivity contribution in [2.75, 3.05) is 13.4 Å². The molecular formula is C13H19NO3Si. The number of rotatable bonds is 6. The Morgan fingerprint density at radius 2 is 2.00 bits per heavy atom. The lowest BCUT2D eigenvalue weighted by molar-refractivity contribution is 0.0219. The third kappa shape index (κ3) is 5.71. The molecule has 0 aliphatic rings. The van der Waals surface area contributed by atoms with E-state index in [0.717, 1.165) is 6.04 Å². The summed E-state index contributed by atoms with van der Waals surface area (Å²) in [5.74, 6) is 0.464. The molecule has 0 saturated carbocycles. The molecule has 1 N–H and O–H groups in total. The van der Waals surface area contributed by atoms with E-state index in [4.69, 9.17) is 14.7 Å². The van der Waals surface area contributed by atoms with Crippen molar-refractivity contribution in [2.45, 2.75) is 25.7 Å². The van der Waals surface area contributed by atoms with Gasteiger partial charge < -0.3 is 14.6 Å². The molecule has 0 aromatic heterocycles. The van der Waals surface area contributed by atoms with Crippen LogP contribution in [0.2, 0.25) is 25.7 Å². The van der Waals surface area contributed by atoms with Crippen molar-refractivity contribution in [3.05, 3.63) is 23.8 Å². The highest BCUT2D eigenvalue weighted by atomic mass is 28.3. The second kappa shape index (κ2) is 6.43. The number of hydrogen-bond acceptors (Lipinski definition) is 4. The molecule has 0 aliphatic heterocycles. The van der Waals surface area contributed by atoms with Crippen molar-refractivity contribution in [1.82, 2.24) is 0 Å². The second-order valence-corrected chi connectivity index (χ2v) is 10.9. The summed E-state index contributed by atoms with van der Waals surface area (Å²) in [6, 6.07) is 7.46. The fourth-order valence-corrected chi connectivity index (χ4v) is 2.03. The summed E-state index contributed by atoms with van der Waals surface area (Å²) in [6.45, 7) is 7.67. The number of aromatic hydroxyl groups is 1. The van der Waals surface area contributed by atoms with Gasteiger partial charge in [0.15, 0.2) is 6.79 Å². The van der Waals surface area contributed by atoms with Gasteiger partial charge in [-0.25, -0.2) is 0 Å². The zero-order valence-electron chi connectivity index (χ0n) is 11.1. The molecule has 98 valence electrons. The Hall–Kier alpha value is -1.51. The molecular weight excluding hydrogens is 246 g/mol. The van der Waals surface area contributed by atoms with Crippen molar-refractivity contribution < 1.29 is 14.6 Å². The number of phenols is 1. The second-order valence-electron chi connectivity index (χ2n) is 5.31. The smallest absolute Gasteiger partial charge is 0.189 e. The first-order valence-electron chi connectivity index (χ1n) is 5.85. The third-order valence-corrected chi connectivity index (χ3v) is 4.03. The van der Waals surface area contributed by atoms with Gasteiger partial charge in [-0.15, -0.1) is 0 Å². The summed E-state index contributed by atoms with van der Waals surface area (Å²) in [5, 5.41) is 18.1. The van der Waals surface area contributed by atoms with Gasteiger partial charge in [0, 0.05) is 20.7 Å². The van der Waals surface area contributed by atoms with Crippen LogP contribution in [0.4, 0.5) is 0 Å². The Morgan fingerprint density at radius 3 is 2.61 bits per heavy atom. The number of ether oxygens (including phenoxy) is 2. The maximum absolute atomic E-state index is 9.37. The van der Waals surface area contributed by atoms with Crippen LogP contribution >= 0.6 is 0 Å². The van der Waals surface area contributed by atoms with E-state index in [1.165, 1.54) is 12.1 Å². The van der Waals surface area contributed by atoms with E-state index in [0.29, 0.717) is 17.9 Å². The molecule has 1 rings (SSSR count). The van der Waals surface area contributed by atoms with Crippen LogP contribution in [-0.4, -0.2) is 26.6 Å². The highest BCUT2D eigenvalue weighted by Gasteiger charge is 2.11. The van der Waals surface area contributed by atoms with Crippen LogP contribution in [0.3, 0.4) is 0 Å². The van der Waals surface area contributed by atoms with Gasteiger partial charge in [0.1, 0.15) is 11.5 Å². The molecule has 0 bridgehead atoms. The quantitative estimate of drug-likeness (QED) is 0.488. The molecule has 0 heterocycles. The van der Waals surface area contributed by atoms with Crippen LogP contribution < -0.4 is 4.74 Å². The Bertz CT molecular complexity index is 435. The molecule has 5 heteroatoms. The first-order chi connectivity index (χ1) is 8.40. The average Bonchev–Trinajstić information content (AvgIpc) is 2.26. The van der Waals surface area contributed by atoms with E-state index in [1.54, 1.807) is 6.07 Å². The maximum atomic E-state index is 9.37. The number of phenolic OH excluding ortho intramolecular Hbond substituents is 1. The van der Waals surface area contributed by atoms with E-state index < -0.39 is 8.07 Å². The Balaban J connectivity index is 2.36. The SMILES string of the molecule is C[Si](C)(C)CCOCOc1cc(O)cc(C#N)c1. The normalized spacial score (nSPS) is 11.0. The van der Waals surface area contributed by atoms with E-state index in [9.17, 15) is 5.11 Å². The Kier molecular flexibility index (Phi) is 5.19. The van der Waals surface area contributed by atoms with E-state index in [2.05, 4.69) is 19.6 Å². The predicted molar refractivity (Wildman–Crippen MR) is 72.4 cm³/mol. The molecule has 0 radical (unpaired) electrons. The van der Waals surface area contributed by atoms with Crippen molar-refractivity contribution in [2.24, 2.45) is 0 Å². The minimum atomic E-state index is -1.07. The van der Waals surface area contributed by atoms with Crippen LogP contribution in [0.25, 0.3) is 0 Å². The number of hydrogen-bond donors (Lipinski definition) is 1. The first kappa shape index (κ1) is 14.5. The molecule has 1 aromatic carbocycles. The summed E-state index contributed by atoms with van der Waals surface area (Å²) < 4.78 is 10.7. The van der Waals surface area contributed by atoms with Gasteiger partial charge >= 0.3 is 0 Å². The van der Waals surface area contributed by atoms with Gasteiger partial charge in [-0.1, -0.05) is 19.6 Å². The van der Waals surface area contributed by atoms with Crippen LogP contribution in [-0.2, 0) is 4.74 Å². The van der Waals surface area contributed by atoms with Gasteiger partial charge in [-0.05, 0) is 18.2 Å². The van der Waals surface area contributed by atoms with Crippen LogP contribution in [0.5, 0.6) is 11.5 Å². The summed E-state index contributed by atoms with van der Waals surface area (Å²) in [4.78, 5) is 0. The molecule has 0 fully saturated rings. The Morgan fingerprint density at radius 1 is 1.28 bits per heavy atom. The minimum Gasteiger partial charge on any atom is -0.508 e. The average molecular weight is 265 g/mol. The van der Waals surface area contributed by atoms with E-state index in [1.807, 2.05) is 6.07 Å². The van der Waals surface area contributed by atoms with E-state index >= 15 is 0 Å². The molecule has 0 aliphatic carbocycles. The third-order valence-electron chi connectivity index (χ3n) is 2.33. The highest BCUT2D eigenvalue weighted by Crippen LogP contribution is 2.21. The monoisotopic (exact) mass is 265 g/mol. The lowest BCUT2D eigenvalue weighted by atomic mass is 10.2. The molecule has 0 unspecified atom stereocenters. The standard InChI is InChI=1S/C13H19NO3Si/c1-18(2,3)5-4-16-10-17-13-7-11(9-14)6-12(15)8-13/h6-8,15H,4-5,10H2,1-3H3. The van der Waals surface area contributed by atoms with Gasteiger partial charge in [0.05, 0.1) is 11.6 Å². The summed E-state index contributed by atoms with van der Waals surface area (Å²) in [7, 11) is -1.07. The summed E-state index contributed by atoms with van der Waals surface area (Å²) in [5.41, 5.74) is 0.368. The molecule has 18 heavy (non-hydrogen) atoms. The molecule has 0 atom stereocenters. The lowest BCUT2D eigenvalue weighted by Crippen LogP contribution is -2.22. The lowest BCUT2D eigenvalue weighted by Gasteiger charge is -2.15. The zero-order valence-corrected chi connectivity index (χ0v) is 12.1.